The SMILES string of the molecule is C=CCC(C=O)CC(C)CCCC(C)C. The average Bonchev–Trinajstić information content (AvgIpc) is 2.16. The van der Waals surface area contributed by atoms with E-state index in [1.165, 1.54) is 19.3 Å². The Morgan fingerprint density at radius 3 is 2.33 bits per heavy atom. The Morgan fingerprint density at radius 2 is 1.87 bits per heavy atom. The van der Waals surface area contributed by atoms with Crippen molar-refractivity contribution in [3.63, 3.8) is 0 Å². The smallest absolute Gasteiger partial charge is 0.123 e. The van der Waals surface area contributed by atoms with Crippen molar-refractivity contribution in [3.05, 3.63) is 12.7 Å². The fourth-order valence-electron chi connectivity index (χ4n) is 1.93. The van der Waals surface area contributed by atoms with E-state index in [1.54, 1.807) is 0 Å². The molecule has 0 aliphatic rings. The summed E-state index contributed by atoms with van der Waals surface area (Å²) in [5, 5.41) is 0. The van der Waals surface area contributed by atoms with Gasteiger partial charge in [-0.15, -0.1) is 6.58 Å². The molecule has 0 N–H and O–H groups in total. The minimum atomic E-state index is 0.191. The highest BCUT2D eigenvalue weighted by Gasteiger charge is 2.11. The molecule has 0 radical (unpaired) electrons. The van der Waals surface area contributed by atoms with Gasteiger partial charge in [0.25, 0.3) is 0 Å². The summed E-state index contributed by atoms with van der Waals surface area (Å²) in [6.45, 7) is 10.5. The Labute approximate surface area is 95.0 Å². The van der Waals surface area contributed by atoms with Crippen LogP contribution in [0.3, 0.4) is 0 Å². The van der Waals surface area contributed by atoms with Crippen LogP contribution in [0.25, 0.3) is 0 Å². The Bertz CT molecular complexity index is 172. The van der Waals surface area contributed by atoms with Crippen LogP contribution in [0, 0.1) is 17.8 Å². The molecule has 0 aromatic carbocycles. The van der Waals surface area contributed by atoms with E-state index in [1.807, 2.05) is 6.08 Å². The maximum absolute atomic E-state index is 10.8. The molecule has 0 aliphatic heterocycles. The van der Waals surface area contributed by atoms with Crippen molar-refractivity contribution in [1.29, 1.82) is 0 Å². The highest BCUT2D eigenvalue weighted by atomic mass is 16.1. The molecule has 2 unspecified atom stereocenters. The van der Waals surface area contributed by atoms with Gasteiger partial charge in [-0.05, 0) is 24.7 Å². The normalized spacial score (nSPS) is 14.9. The van der Waals surface area contributed by atoms with E-state index >= 15 is 0 Å². The number of carbonyl (C=O) groups excluding carboxylic acids is 1. The molecular weight excluding hydrogens is 184 g/mol. The predicted molar refractivity (Wildman–Crippen MR) is 66.8 cm³/mol. The third kappa shape index (κ3) is 8.41. The minimum Gasteiger partial charge on any atom is -0.303 e. The fourth-order valence-corrected chi connectivity index (χ4v) is 1.93. The van der Waals surface area contributed by atoms with Crippen LogP contribution in [0.1, 0.15) is 52.9 Å². The minimum absolute atomic E-state index is 0.191. The van der Waals surface area contributed by atoms with Gasteiger partial charge in [-0.2, -0.15) is 0 Å². The summed E-state index contributed by atoms with van der Waals surface area (Å²) in [6, 6.07) is 0. The standard InChI is InChI=1S/C14H26O/c1-5-7-14(11-15)10-13(4)9-6-8-12(2)3/h5,11-14H,1,6-10H2,2-4H3. The summed E-state index contributed by atoms with van der Waals surface area (Å²) in [7, 11) is 0. The molecule has 88 valence electrons. The molecule has 0 aromatic heterocycles. The zero-order chi connectivity index (χ0) is 11.7. The van der Waals surface area contributed by atoms with Gasteiger partial charge in [0.1, 0.15) is 6.29 Å². The zero-order valence-electron chi connectivity index (χ0n) is 10.5. The Kier molecular flexibility index (Phi) is 8.35. The van der Waals surface area contributed by atoms with Crippen LogP contribution < -0.4 is 0 Å². The lowest BCUT2D eigenvalue weighted by Gasteiger charge is -2.15. The molecule has 0 heterocycles. The van der Waals surface area contributed by atoms with Crippen molar-refractivity contribution in [2.24, 2.45) is 17.8 Å². The van der Waals surface area contributed by atoms with Crippen LogP contribution in [0.4, 0.5) is 0 Å². The summed E-state index contributed by atoms with van der Waals surface area (Å²) in [5.74, 6) is 1.66. The van der Waals surface area contributed by atoms with E-state index in [0.29, 0.717) is 5.92 Å². The summed E-state index contributed by atoms with van der Waals surface area (Å²) in [6.07, 6.45) is 8.63. The first-order valence-corrected chi connectivity index (χ1v) is 6.16. The van der Waals surface area contributed by atoms with Crippen molar-refractivity contribution < 1.29 is 4.79 Å². The van der Waals surface area contributed by atoms with Crippen LogP contribution in [0.2, 0.25) is 0 Å². The Hall–Kier alpha value is -0.590. The second-order valence-electron chi connectivity index (χ2n) is 5.09. The highest BCUT2D eigenvalue weighted by Crippen LogP contribution is 2.20. The van der Waals surface area contributed by atoms with E-state index in [4.69, 9.17) is 0 Å². The monoisotopic (exact) mass is 210 g/mol. The van der Waals surface area contributed by atoms with E-state index in [2.05, 4.69) is 27.4 Å². The van der Waals surface area contributed by atoms with Gasteiger partial charge >= 0.3 is 0 Å². The maximum atomic E-state index is 10.8. The van der Waals surface area contributed by atoms with Crippen molar-refractivity contribution >= 4 is 6.29 Å². The predicted octanol–water partition coefficient (Wildman–Crippen LogP) is 4.23. The molecule has 0 aromatic rings. The number of aldehydes is 1. The largest absolute Gasteiger partial charge is 0.303 e. The molecule has 1 nitrogen and oxygen atoms in total. The molecular formula is C14H26O. The lowest BCUT2D eigenvalue weighted by atomic mass is 9.90. The first-order chi connectivity index (χ1) is 7.10. The van der Waals surface area contributed by atoms with Crippen LogP contribution in [-0.2, 0) is 4.79 Å². The van der Waals surface area contributed by atoms with Crippen LogP contribution in [0.15, 0.2) is 12.7 Å². The van der Waals surface area contributed by atoms with Crippen molar-refractivity contribution in [2.75, 3.05) is 0 Å². The van der Waals surface area contributed by atoms with E-state index in [9.17, 15) is 4.79 Å². The molecule has 0 aliphatic carbocycles. The number of carbonyl (C=O) groups is 1. The van der Waals surface area contributed by atoms with Crippen LogP contribution in [-0.4, -0.2) is 6.29 Å². The second-order valence-corrected chi connectivity index (χ2v) is 5.09. The molecule has 0 spiro atoms. The summed E-state index contributed by atoms with van der Waals surface area (Å²) >= 11 is 0. The molecule has 2 atom stereocenters. The van der Waals surface area contributed by atoms with E-state index < -0.39 is 0 Å². The van der Waals surface area contributed by atoms with Gasteiger partial charge in [-0.1, -0.05) is 46.1 Å². The van der Waals surface area contributed by atoms with Crippen LogP contribution >= 0.6 is 0 Å². The van der Waals surface area contributed by atoms with Gasteiger partial charge in [0.15, 0.2) is 0 Å². The van der Waals surface area contributed by atoms with Crippen molar-refractivity contribution in [1.82, 2.24) is 0 Å². The van der Waals surface area contributed by atoms with Gasteiger partial charge in [-0.3, -0.25) is 0 Å². The van der Waals surface area contributed by atoms with Gasteiger partial charge in [-0.25, -0.2) is 0 Å². The van der Waals surface area contributed by atoms with E-state index in [0.717, 1.165) is 25.0 Å². The maximum Gasteiger partial charge on any atom is 0.123 e. The molecule has 0 amide bonds. The van der Waals surface area contributed by atoms with E-state index in [-0.39, 0.29) is 5.92 Å². The molecule has 0 saturated heterocycles. The molecule has 15 heavy (non-hydrogen) atoms. The Morgan fingerprint density at radius 1 is 1.20 bits per heavy atom. The van der Waals surface area contributed by atoms with Gasteiger partial charge in [0.05, 0.1) is 0 Å². The molecule has 1 heteroatoms. The molecule has 0 rings (SSSR count). The zero-order valence-corrected chi connectivity index (χ0v) is 10.5. The van der Waals surface area contributed by atoms with Crippen molar-refractivity contribution in [3.8, 4) is 0 Å². The summed E-state index contributed by atoms with van der Waals surface area (Å²) in [4.78, 5) is 10.8. The molecule has 0 saturated carbocycles. The quantitative estimate of drug-likeness (QED) is 0.411. The van der Waals surface area contributed by atoms with Crippen molar-refractivity contribution in [2.45, 2.75) is 52.9 Å². The number of rotatable bonds is 9. The van der Waals surface area contributed by atoms with Gasteiger partial charge in [0, 0.05) is 5.92 Å². The fraction of sp³-hybridized carbons (Fsp3) is 0.786. The number of allylic oxidation sites excluding steroid dienone is 1. The third-order valence-electron chi connectivity index (χ3n) is 2.85. The lowest BCUT2D eigenvalue weighted by molar-refractivity contribution is -0.111. The highest BCUT2D eigenvalue weighted by molar-refractivity contribution is 5.53. The molecule has 0 fully saturated rings. The summed E-state index contributed by atoms with van der Waals surface area (Å²) < 4.78 is 0. The first-order valence-electron chi connectivity index (χ1n) is 6.16. The first kappa shape index (κ1) is 14.4. The summed E-state index contributed by atoms with van der Waals surface area (Å²) in [5.41, 5.74) is 0. The molecule has 0 bridgehead atoms. The number of hydrogen-bond donors (Lipinski definition) is 0. The van der Waals surface area contributed by atoms with Gasteiger partial charge < -0.3 is 4.79 Å². The Balaban J connectivity index is 3.65. The lowest BCUT2D eigenvalue weighted by Crippen LogP contribution is -2.07. The third-order valence-corrected chi connectivity index (χ3v) is 2.85. The topological polar surface area (TPSA) is 17.1 Å². The number of hydrogen-bond acceptors (Lipinski definition) is 1. The average molecular weight is 210 g/mol. The van der Waals surface area contributed by atoms with Gasteiger partial charge in [0.2, 0.25) is 0 Å². The van der Waals surface area contributed by atoms with Crippen LogP contribution in [0.5, 0.6) is 0 Å². The second kappa shape index (κ2) is 8.70.